The van der Waals surface area contributed by atoms with Crippen LogP contribution in [0.1, 0.15) is 55.2 Å². The molecule has 4 aromatic carbocycles. The second kappa shape index (κ2) is 21.8. The molecule has 0 bridgehead atoms. The Labute approximate surface area is 399 Å². The van der Waals surface area contributed by atoms with Crippen molar-refractivity contribution in [2.45, 2.75) is 64.5 Å². The number of primary amides is 2. The summed E-state index contributed by atoms with van der Waals surface area (Å²) in [4.78, 5) is 32.9. The first-order valence-corrected chi connectivity index (χ1v) is 24.5. The number of benzene rings is 4. The smallest absolute Gasteiger partial charge is 0.317 e. The van der Waals surface area contributed by atoms with Crippen molar-refractivity contribution in [2.75, 3.05) is 99.1 Å². The molecule has 15 nitrogen and oxygen atoms in total. The number of aryl methyl sites for hydroxylation is 4. The molecule has 15 heteroatoms. The minimum atomic E-state index is -0.585. The van der Waals surface area contributed by atoms with Gasteiger partial charge >= 0.3 is 12.1 Å². The Kier molecular flexibility index (Phi) is 14.8. The Morgan fingerprint density at radius 2 is 1.04 bits per heavy atom. The van der Waals surface area contributed by atoms with Crippen molar-refractivity contribution in [3.05, 3.63) is 108 Å². The molecule has 4 amide bonds. The van der Waals surface area contributed by atoms with E-state index in [1.807, 2.05) is 36.4 Å². The number of amides is 4. The van der Waals surface area contributed by atoms with Crippen LogP contribution in [0, 0.1) is 11.3 Å². The van der Waals surface area contributed by atoms with E-state index in [1.165, 1.54) is 22.5 Å². The van der Waals surface area contributed by atoms with E-state index < -0.39 is 12.1 Å². The highest BCUT2D eigenvalue weighted by molar-refractivity contribution is 5.94. The molecule has 0 saturated carbocycles. The van der Waals surface area contributed by atoms with Gasteiger partial charge in [0.1, 0.15) is 23.1 Å². The van der Waals surface area contributed by atoms with Crippen LogP contribution in [0.15, 0.2) is 91.0 Å². The largest absolute Gasteiger partial charge is 0.493 e. The van der Waals surface area contributed by atoms with E-state index in [4.69, 9.17) is 20.9 Å². The zero-order chi connectivity index (χ0) is 46.8. The number of unbranched alkanes of at least 4 members (excludes halogenated alkanes) is 2. The zero-order valence-electron chi connectivity index (χ0n) is 39.1. The summed E-state index contributed by atoms with van der Waals surface area (Å²) < 4.78 is 15.9. The molecule has 6 heterocycles. The van der Waals surface area contributed by atoms with Crippen LogP contribution in [-0.4, -0.2) is 110 Å². The molecule has 6 N–H and O–H groups in total. The Hall–Kier alpha value is -6.89. The SMILES string of the molecule is N#Cc1ccc2cc(NC(N)=O)n(CCCCN3CCN(c4ccc5c(c4)OCCC5)CC3)c2c1.NC(=O)Nc1cc2ccccc2n1CCCCN1CCN(c2ccc3c(c2)OCCC3)CC1. The number of nitrogens with two attached hydrogens (primary N) is 2. The lowest BCUT2D eigenvalue weighted by Crippen LogP contribution is -2.46. The summed E-state index contributed by atoms with van der Waals surface area (Å²) >= 11 is 0. The Morgan fingerprint density at radius 1 is 0.559 bits per heavy atom. The molecule has 0 unspecified atom stereocenters. The van der Waals surface area contributed by atoms with E-state index >= 15 is 0 Å². The van der Waals surface area contributed by atoms with Crippen molar-refractivity contribution < 1.29 is 19.1 Å². The predicted octanol–water partition coefficient (Wildman–Crippen LogP) is 7.99. The van der Waals surface area contributed by atoms with Crippen LogP contribution in [-0.2, 0) is 25.9 Å². The molecule has 0 atom stereocenters. The number of hydrogen-bond donors (Lipinski definition) is 4. The first-order chi connectivity index (χ1) is 33.3. The average molecular weight is 920 g/mol. The topological polar surface area (TPSA) is 175 Å². The van der Waals surface area contributed by atoms with Crippen molar-refractivity contribution in [3.63, 3.8) is 0 Å². The lowest BCUT2D eigenvalue weighted by atomic mass is 10.1. The van der Waals surface area contributed by atoms with Gasteiger partial charge in [-0.25, -0.2) is 9.59 Å². The third kappa shape index (κ3) is 11.3. The van der Waals surface area contributed by atoms with Crippen molar-refractivity contribution in [2.24, 2.45) is 11.5 Å². The fourth-order valence-corrected chi connectivity index (χ4v) is 10.2. The van der Waals surface area contributed by atoms with Crippen LogP contribution in [0.4, 0.5) is 32.6 Å². The summed E-state index contributed by atoms with van der Waals surface area (Å²) in [5.41, 5.74) is 18.6. The molecule has 2 saturated heterocycles. The number of para-hydroxylation sites is 1. The normalized spacial score (nSPS) is 16.2. The van der Waals surface area contributed by atoms with Gasteiger partial charge < -0.3 is 39.9 Å². The van der Waals surface area contributed by atoms with Gasteiger partial charge in [-0.3, -0.25) is 20.4 Å². The number of fused-ring (bicyclic) bond motifs is 4. The Bertz CT molecular complexity index is 2740. The third-order valence-electron chi connectivity index (χ3n) is 13.8. The summed E-state index contributed by atoms with van der Waals surface area (Å²) in [6.45, 7) is 13.8. The number of rotatable bonds is 14. The van der Waals surface area contributed by atoms with Crippen LogP contribution in [0.2, 0.25) is 0 Å². The number of carbonyl (C=O) groups excluding carboxylic acids is 2. The zero-order valence-corrected chi connectivity index (χ0v) is 39.1. The van der Waals surface area contributed by atoms with Crippen LogP contribution in [0.5, 0.6) is 11.5 Å². The molecule has 2 aromatic heterocycles. The van der Waals surface area contributed by atoms with Crippen molar-refractivity contribution in [1.82, 2.24) is 18.9 Å². The number of nitriles is 1. The summed E-state index contributed by atoms with van der Waals surface area (Å²) in [5.74, 6) is 3.57. The maximum absolute atomic E-state index is 11.5. The van der Waals surface area contributed by atoms with Gasteiger partial charge in [-0.15, -0.1) is 0 Å². The Morgan fingerprint density at radius 3 is 1.56 bits per heavy atom. The van der Waals surface area contributed by atoms with E-state index in [-0.39, 0.29) is 0 Å². The first kappa shape index (κ1) is 46.2. The maximum Gasteiger partial charge on any atom is 0.317 e. The molecular formula is C53H65N11O4. The first-order valence-electron chi connectivity index (χ1n) is 24.5. The third-order valence-corrected chi connectivity index (χ3v) is 13.8. The minimum absolute atomic E-state index is 0.526. The maximum atomic E-state index is 11.5. The Balaban J connectivity index is 0.000000170. The van der Waals surface area contributed by atoms with Crippen LogP contribution in [0.3, 0.4) is 0 Å². The number of hydrogen-bond acceptors (Lipinski definition) is 9. The summed E-state index contributed by atoms with van der Waals surface area (Å²) in [7, 11) is 0. The van der Waals surface area contributed by atoms with Gasteiger partial charge in [-0.2, -0.15) is 5.26 Å². The molecule has 10 rings (SSSR count). The van der Waals surface area contributed by atoms with Gasteiger partial charge in [-0.05, 0) is 118 Å². The van der Waals surface area contributed by atoms with Gasteiger partial charge in [0, 0.05) is 105 Å². The quantitative estimate of drug-likeness (QED) is 0.0790. The highest BCUT2D eigenvalue weighted by Crippen LogP contribution is 2.32. The monoisotopic (exact) mass is 920 g/mol. The molecule has 4 aliphatic heterocycles. The van der Waals surface area contributed by atoms with E-state index in [0.717, 1.165) is 182 Å². The lowest BCUT2D eigenvalue weighted by Gasteiger charge is -2.36. The highest BCUT2D eigenvalue weighted by atomic mass is 16.5. The predicted molar refractivity (Wildman–Crippen MR) is 271 cm³/mol. The second-order valence-corrected chi connectivity index (χ2v) is 18.3. The summed E-state index contributed by atoms with van der Waals surface area (Å²) in [5, 5.41) is 16.9. The molecule has 6 aromatic rings. The van der Waals surface area contributed by atoms with Gasteiger partial charge in [0.2, 0.25) is 0 Å². The minimum Gasteiger partial charge on any atom is -0.493 e. The number of urea groups is 2. The molecule has 0 aliphatic carbocycles. The number of nitrogens with one attached hydrogen (secondary N) is 2. The number of piperazine rings is 2. The van der Waals surface area contributed by atoms with Crippen molar-refractivity contribution in [1.29, 1.82) is 5.26 Å². The second-order valence-electron chi connectivity index (χ2n) is 18.3. The molecule has 68 heavy (non-hydrogen) atoms. The number of carbonyl (C=O) groups is 2. The number of anilines is 4. The highest BCUT2D eigenvalue weighted by Gasteiger charge is 2.22. The standard InChI is InChI=1S/C27H32N6O2.C26H33N5O2/c28-19-20-5-6-22-17-26(30-27(29)34)33(24(22)16-20)10-2-1-9-31-11-13-32(14-12-31)23-8-7-21-4-3-15-35-25(21)18-23;27-26(32)28-25-18-21-6-1-2-8-23(21)31(25)12-4-3-11-29-13-15-30(16-14-29)22-10-9-20-7-5-17-33-24(20)19-22/h5-8,16-18H,1-4,9-15H2,(H3,29,30,34);1-2,6,8-10,18-19H,3-5,7,11-17H2,(H3,27,28,32). The van der Waals surface area contributed by atoms with Crippen LogP contribution >= 0.6 is 0 Å². The van der Waals surface area contributed by atoms with E-state index in [0.29, 0.717) is 11.4 Å². The number of ether oxygens (including phenoxy) is 2. The number of aromatic nitrogens is 2. The van der Waals surface area contributed by atoms with Gasteiger partial charge in [0.15, 0.2) is 0 Å². The van der Waals surface area contributed by atoms with Crippen molar-refractivity contribution in [3.8, 4) is 17.6 Å². The van der Waals surface area contributed by atoms with E-state index in [9.17, 15) is 14.9 Å². The van der Waals surface area contributed by atoms with Crippen molar-refractivity contribution >= 4 is 56.9 Å². The van der Waals surface area contributed by atoms with Crippen LogP contribution in [0.25, 0.3) is 21.8 Å². The van der Waals surface area contributed by atoms with E-state index in [1.54, 1.807) is 6.07 Å². The number of nitrogens with zero attached hydrogens (tertiary/aromatic N) is 7. The molecule has 356 valence electrons. The van der Waals surface area contributed by atoms with Gasteiger partial charge in [-0.1, -0.05) is 36.4 Å². The van der Waals surface area contributed by atoms with E-state index in [2.05, 4.69) is 94.0 Å². The fourth-order valence-electron chi connectivity index (χ4n) is 10.2. The lowest BCUT2D eigenvalue weighted by molar-refractivity contribution is 0.251. The van der Waals surface area contributed by atoms with Gasteiger partial charge in [0.25, 0.3) is 0 Å². The molecule has 4 aliphatic rings. The fraction of sp³-hybridized carbons (Fsp3) is 0.415. The van der Waals surface area contributed by atoms with Crippen LogP contribution < -0.4 is 41.4 Å². The molecule has 0 radical (unpaired) electrons. The summed E-state index contributed by atoms with van der Waals surface area (Å²) in [6, 6.07) is 32.1. The molecule has 2 fully saturated rings. The summed E-state index contributed by atoms with van der Waals surface area (Å²) in [6.07, 6.45) is 8.66. The molecular weight excluding hydrogens is 855 g/mol. The molecule has 0 spiro atoms. The van der Waals surface area contributed by atoms with Gasteiger partial charge in [0.05, 0.1) is 30.4 Å². The average Bonchev–Trinajstić information content (AvgIpc) is 3.89.